The summed E-state index contributed by atoms with van der Waals surface area (Å²) in [5.41, 5.74) is 17.6. The molecule has 0 aliphatic carbocycles. The summed E-state index contributed by atoms with van der Waals surface area (Å²) in [6, 6.07) is 2.67. The Bertz CT molecular complexity index is 2150. The third-order valence-electron chi connectivity index (χ3n) is 21.9. The molecule has 4 aliphatic heterocycles. The van der Waals surface area contributed by atoms with Crippen molar-refractivity contribution in [2.45, 2.75) is 229 Å². The van der Waals surface area contributed by atoms with Crippen LogP contribution in [0.2, 0.25) is 0 Å². The van der Waals surface area contributed by atoms with Crippen molar-refractivity contribution in [1.82, 2.24) is 88.7 Å². The van der Waals surface area contributed by atoms with Crippen LogP contribution >= 0.6 is 0 Å². The van der Waals surface area contributed by atoms with Crippen LogP contribution in [0.3, 0.4) is 0 Å². The number of carbonyl (C=O) groups is 2. The molecule has 28 heteroatoms. The molecule has 0 aromatic carbocycles. The number of hydrogen-bond acceptors (Lipinski definition) is 26. The molecule has 4 aliphatic rings. The van der Waals surface area contributed by atoms with Gasteiger partial charge in [-0.2, -0.15) is 0 Å². The number of hydrogen-bond donors (Lipinski definition) is 20. The van der Waals surface area contributed by atoms with E-state index in [1.165, 1.54) is 45.1 Å². The number of unbranched alkanes of at least 4 members (excludes halogenated alkanes) is 1. The van der Waals surface area contributed by atoms with Crippen molar-refractivity contribution in [2.75, 3.05) is 210 Å². The smallest absolute Gasteiger partial charge is 0.303 e. The number of carboxylic acids is 1. The van der Waals surface area contributed by atoms with Crippen LogP contribution in [0.4, 0.5) is 0 Å². The van der Waals surface area contributed by atoms with Gasteiger partial charge in [0.15, 0.2) is 0 Å². The number of carbonyl (C=O) groups excluding carboxylic acids is 1. The van der Waals surface area contributed by atoms with Gasteiger partial charge >= 0.3 is 5.97 Å². The standard InChI is InChI=1S/C76H159N22O6/c1-8-61(7)74(88-31-29-85-45-64(86-9-2)40-59(3)4)53-94-63(21-22-76(103)104)44-84-28-30-87-65(41-60(5)6)49-89-62(16-10-11-23-77)48-90-66(42-75(79)102)46-82-26-24-80-32-38-95-34-12-17-70(95)51-93-69(58-101)50-91-68(57-100)47-83-27-25-81-33-39-96-35-14-19-72(96)54-98-37-15-20-73(98)55-97-36-13-18-71(97)52-92-67(43-78)56-99/h28,33,59-74,80,82-83,85-94,99-101H,2,8-27,29-32,34-58,77-78H2,1,3-7H3,(H2,79,102)(H,103,104)/t61-,62-,63-,64-,65-,66-,67+,68+,69+,70-,71-,72-,73-,74+/m0/s1. The molecular weight excluding hydrogens is 1320 g/mol. The summed E-state index contributed by atoms with van der Waals surface area (Å²) < 4.78 is 0. The minimum absolute atomic E-state index is 0.00415. The first kappa shape index (κ1) is 93.8. The lowest BCUT2D eigenvalue weighted by Crippen LogP contribution is -2.51. The Morgan fingerprint density at radius 3 is 1.72 bits per heavy atom. The number of carboxylic acid groups (broad SMARTS) is 1. The first-order valence-electron chi connectivity index (χ1n) is 41.4. The zero-order valence-corrected chi connectivity index (χ0v) is 66.3. The third-order valence-corrected chi connectivity index (χ3v) is 21.9. The average molecular weight is 1480 g/mol. The van der Waals surface area contributed by atoms with Crippen molar-refractivity contribution < 1.29 is 30.0 Å². The fraction of sp³-hybridized carbons (Fsp3) is 0.934. The number of aliphatic hydroxyl groups excluding tert-OH is 3. The van der Waals surface area contributed by atoms with Gasteiger partial charge in [0, 0.05) is 241 Å². The van der Waals surface area contributed by atoms with Crippen LogP contribution in [0.1, 0.15) is 151 Å². The largest absolute Gasteiger partial charge is 0.481 e. The fourth-order valence-electron chi connectivity index (χ4n) is 15.5. The van der Waals surface area contributed by atoms with Gasteiger partial charge < -0.3 is 107 Å². The number of nitrogens with two attached hydrogens (primary N) is 3. The minimum Gasteiger partial charge on any atom is -0.481 e. The second-order valence-corrected chi connectivity index (χ2v) is 31.5. The van der Waals surface area contributed by atoms with Crippen molar-refractivity contribution in [2.24, 2.45) is 44.9 Å². The molecule has 0 spiro atoms. The van der Waals surface area contributed by atoms with Gasteiger partial charge in [-0.25, -0.2) is 0 Å². The Balaban J connectivity index is 1.10. The molecule has 14 atom stereocenters. The SMILES string of the molecule is [CH2]CN[C@H](CNCCN[C@H](CN[C@@H](CCC(=O)O)CN=CCN[C@H](CN[C@@H](CCCCN)CN[C@H](CNCCNCCN1CCC[C@H]1CN[C@@H](CO)CN[C@@H](CO)CNCCN=CCN1CCC[C@H]1CN1CCC[C@H]1CN1CCC[C@H]1CN[C@H](CN)CO)CC(N)=O)CC(C)C)[C@@H](C)CC)CC(C)C. The summed E-state index contributed by atoms with van der Waals surface area (Å²) in [6.07, 6.45) is 20.6. The number of primary amides is 1. The summed E-state index contributed by atoms with van der Waals surface area (Å²) in [5.74, 6) is 0.416. The molecule has 4 saturated heterocycles. The van der Waals surface area contributed by atoms with Gasteiger partial charge in [0.25, 0.3) is 0 Å². The van der Waals surface area contributed by atoms with Gasteiger partial charge in [-0.05, 0) is 147 Å². The van der Waals surface area contributed by atoms with Gasteiger partial charge in [0.1, 0.15) is 0 Å². The highest BCUT2D eigenvalue weighted by atomic mass is 16.4. The van der Waals surface area contributed by atoms with Crippen molar-refractivity contribution >= 4 is 24.3 Å². The number of aliphatic imine (C=N–C) groups is 2. The Kier molecular flexibility index (Phi) is 53.4. The van der Waals surface area contributed by atoms with Gasteiger partial charge in [-0.1, -0.05) is 54.4 Å². The maximum atomic E-state index is 12.3. The summed E-state index contributed by atoms with van der Waals surface area (Å²) in [4.78, 5) is 44.2. The maximum absolute atomic E-state index is 12.3. The van der Waals surface area contributed by atoms with Crippen LogP contribution in [0.5, 0.6) is 0 Å². The Labute approximate surface area is 631 Å². The summed E-state index contributed by atoms with van der Waals surface area (Å²) in [7, 11) is 0. The molecule has 1 amide bonds. The van der Waals surface area contributed by atoms with E-state index in [-0.39, 0.29) is 86.9 Å². The zero-order chi connectivity index (χ0) is 75.4. The lowest BCUT2D eigenvalue weighted by Gasteiger charge is -2.35. The van der Waals surface area contributed by atoms with Crippen molar-refractivity contribution in [3.8, 4) is 0 Å². The van der Waals surface area contributed by atoms with E-state index in [4.69, 9.17) is 27.2 Å². The van der Waals surface area contributed by atoms with Gasteiger partial charge in [-0.3, -0.25) is 39.2 Å². The number of likely N-dealkylation sites (tertiary alicyclic amines) is 4. The number of nitrogens with one attached hydrogen (secondary N) is 13. The van der Waals surface area contributed by atoms with E-state index in [1.54, 1.807) is 0 Å². The molecule has 28 nitrogen and oxygen atoms in total. The van der Waals surface area contributed by atoms with Crippen molar-refractivity contribution in [3.63, 3.8) is 0 Å². The second kappa shape index (κ2) is 59.2. The van der Waals surface area contributed by atoms with E-state index in [2.05, 4.69) is 143 Å². The minimum atomic E-state index is -0.798. The summed E-state index contributed by atoms with van der Waals surface area (Å²) in [6.45, 7) is 41.2. The van der Waals surface area contributed by atoms with Crippen LogP contribution in [-0.4, -0.2) is 352 Å². The van der Waals surface area contributed by atoms with E-state index in [9.17, 15) is 30.0 Å². The van der Waals surface area contributed by atoms with E-state index in [1.807, 2.05) is 6.21 Å². The molecule has 4 heterocycles. The van der Waals surface area contributed by atoms with E-state index < -0.39 is 5.97 Å². The Morgan fingerprint density at radius 2 is 1.08 bits per heavy atom. The van der Waals surface area contributed by atoms with Crippen LogP contribution in [0.15, 0.2) is 9.98 Å². The number of aliphatic carboxylic acids is 1. The average Bonchev–Trinajstić information content (AvgIpc) is 1.70. The van der Waals surface area contributed by atoms with Crippen LogP contribution < -0.4 is 86.3 Å². The van der Waals surface area contributed by atoms with Crippen LogP contribution in [-0.2, 0) is 9.59 Å². The number of amides is 1. The first-order chi connectivity index (χ1) is 50.5. The van der Waals surface area contributed by atoms with Gasteiger partial charge in [0.05, 0.1) is 32.9 Å². The zero-order valence-electron chi connectivity index (χ0n) is 66.3. The molecule has 4 rings (SSSR count). The number of aliphatic hydroxyl groups is 3. The highest BCUT2D eigenvalue weighted by Gasteiger charge is 2.35. The predicted octanol–water partition coefficient (Wildman–Crippen LogP) is -1.26. The van der Waals surface area contributed by atoms with Crippen molar-refractivity contribution in [3.05, 3.63) is 6.92 Å². The fourth-order valence-corrected chi connectivity index (χ4v) is 15.5. The topological polar surface area (TPSA) is 387 Å². The third kappa shape index (κ3) is 42.5. The molecule has 0 saturated carbocycles. The molecule has 1 radical (unpaired) electrons. The van der Waals surface area contributed by atoms with E-state index in [0.29, 0.717) is 113 Å². The number of rotatable bonds is 69. The van der Waals surface area contributed by atoms with E-state index in [0.717, 1.165) is 176 Å². The van der Waals surface area contributed by atoms with Crippen molar-refractivity contribution in [1.29, 1.82) is 0 Å². The van der Waals surface area contributed by atoms with E-state index >= 15 is 0 Å². The molecular formula is C76H159N22O6. The lowest BCUT2D eigenvalue weighted by molar-refractivity contribution is -0.137. The highest BCUT2D eigenvalue weighted by Crippen LogP contribution is 2.27. The summed E-state index contributed by atoms with van der Waals surface area (Å²) >= 11 is 0. The normalized spacial score (nSPS) is 21.9. The van der Waals surface area contributed by atoms with Crippen LogP contribution in [0, 0.1) is 24.7 Å². The maximum Gasteiger partial charge on any atom is 0.303 e. The first-order valence-corrected chi connectivity index (χ1v) is 41.4. The predicted molar refractivity (Wildman–Crippen MR) is 430 cm³/mol. The Hall–Kier alpha value is -2.60. The molecule has 4 fully saturated rings. The molecule has 609 valence electrons. The molecule has 0 bridgehead atoms. The second-order valence-electron chi connectivity index (χ2n) is 31.5. The monoisotopic (exact) mass is 1480 g/mol. The summed E-state index contributed by atoms with van der Waals surface area (Å²) in [5, 5.41) is 86.9. The van der Waals surface area contributed by atoms with Gasteiger partial charge in [0.2, 0.25) is 5.91 Å². The molecule has 0 aromatic heterocycles. The molecule has 0 unspecified atom stereocenters. The Morgan fingerprint density at radius 1 is 0.538 bits per heavy atom. The molecule has 23 N–H and O–H groups in total. The quantitative estimate of drug-likeness (QED) is 0.0250. The molecule has 0 aromatic rings. The lowest BCUT2D eigenvalue weighted by atomic mass is 9.98. The highest BCUT2D eigenvalue weighted by molar-refractivity contribution is 5.74. The number of nitrogens with zero attached hydrogens (tertiary/aromatic N) is 6. The van der Waals surface area contributed by atoms with Crippen LogP contribution in [0.25, 0.3) is 0 Å². The molecule has 104 heavy (non-hydrogen) atoms. The van der Waals surface area contributed by atoms with Gasteiger partial charge in [-0.15, -0.1) is 0 Å².